The molecule has 0 aliphatic rings. The van der Waals surface area contributed by atoms with E-state index in [0.717, 1.165) is 44.9 Å². The summed E-state index contributed by atoms with van der Waals surface area (Å²) in [5.41, 5.74) is 0. The Hall–Kier alpha value is 0.0969. The van der Waals surface area contributed by atoms with Gasteiger partial charge in [0.1, 0.15) is 0 Å². The highest BCUT2D eigenvalue weighted by atomic mass is 28.4. The third-order valence-corrected chi connectivity index (χ3v) is 6.17. The van der Waals surface area contributed by atoms with Crippen LogP contribution in [0.15, 0.2) is 0 Å². The van der Waals surface area contributed by atoms with Crippen molar-refractivity contribution in [2.75, 3.05) is 13.2 Å². The molecule has 0 spiro atoms. The Morgan fingerprint density at radius 3 is 1.82 bits per heavy atom. The highest BCUT2D eigenvalue weighted by Gasteiger charge is 2.38. The summed E-state index contributed by atoms with van der Waals surface area (Å²) >= 11 is 0. The van der Waals surface area contributed by atoms with Gasteiger partial charge in [0.05, 0.1) is 0 Å². The monoisotopic (exact) mass is 261 g/mol. The van der Waals surface area contributed by atoms with Crippen molar-refractivity contribution in [3.8, 4) is 0 Å². The molecule has 0 aromatic rings. The molecule has 17 heavy (non-hydrogen) atoms. The van der Waals surface area contributed by atoms with Crippen LogP contribution in [0, 0.1) is 0 Å². The molecular formula is C13H31NO2Si. The van der Waals surface area contributed by atoms with Gasteiger partial charge in [-0.3, -0.25) is 4.98 Å². The van der Waals surface area contributed by atoms with Crippen LogP contribution in [0.2, 0.25) is 6.04 Å². The van der Waals surface area contributed by atoms with Gasteiger partial charge in [-0.05, 0) is 19.3 Å². The first kappa shape index (κ1) is 17.1. The number of rotatable bonds is 11. The van der Waals surface area contributed by atoms with Crippen LogP contribution in [0.1, 0.15) is 60.3 Å². The molecule has 1 unspecified atom stereocenters. The van der Waals surface area contributed by atoms with Gasteiger partial charge in [0.2, 0.25) is 0 Å². The average Bonchev–Trinajstić information content (AvgIpc) is 2.34. The van der Waals surface area contributed by atoms with Crippen molar-refractivity contribution in [2.45, 2.75) is 72.4 Å². The standard InChI is InChI=1S/C13H31NO2Si/c1-6-10-15-17(12-8-3,16-11-7-2)14-13(5)9-4/h13-14H,6-12H2,1-5H3. The van der Waals surface area contributed by atoms with Crippen molar-refractivity contribution in [1.29, 1.82) is 0 Å². The molecule has 0 amide bonds. The predicted octanol–water partition coefficient (Wildman–Crippen LogP) is 3.58. The van der Waals surface area contributed by atoms with Crippen LogP contribution in [0.25, 0.3) is 0 Å². The Morgan fingerprint density at radius 1 is 0.941 bits per heavy atom. The zero-order valence-electron chi connectivity index (χ0n) is 12.3. The van der Waals surface area contributed by atoms with E-state index in [1.54, 1.807) is 0 Å². The Balaban J connectivity index is 4.54. The summed E-state index contributed by atoms with van der Waals surface area (Å²) in [5, 5.41) is 0. The molecule has 1 atom stereocenters. The fraction of sp³-hybridized carbons (Fsp3) is 1.00. The lowest BCUT2D eigenvalue weighted by atomic mass is 10.3. The summed E-state index contributed by atoms with van der Waals surface area (Å²) in [5.74, 6) is 0. The van der Waals surface area contributed by atoms with Gasteiger partial charge in [-0.25, -0.2) is 0 Å². The molecule has 0 aliphatic heterocycles. The summed E-state index contributed by atoms with van der Waals surface area (Å²) in [7, 11) is -2.17. The molecule has 1 N–H and O–H groups in total. The van der Waals surface area contributed by atoms with Crippen molar-refractivity contribution in [3.63, 3.8) is 0 Å². The second-order valence-corrected chi connectivity index (χ2v) is 7.53. The van der Waals surface area contributed by atoms with E-state index in [4.69, 9.17) is 8.85 Å². The van der Waals surface area contributed by atoms with E-state index in [9.17, 15) is 0 Å². The minimum Gasteiger partial charge on any atom is -0.383 e. The molecule has 0 aliphatic carbocycles. The van der Waals surface area contributed by atoms with Crippen LogP contribution in [-0.2, 0) is 8.85 Å². The zero-order valence-corrected chi connectivity index (χ0v) is 13.3. The molecule has 104 valence electrons. The van der Waals surface area contributed by atoms with E-state index in [0.29, 0.717) is 6.04 Å². The third kappa shape index (κ3) is 7.19. The van der Waals surface area contributed by atoms with Gasteiger partial charge in [-0.2, -0.15) is 0 Å². The molecule has 0 rings (SSSR count). The van der Waals surface area contributed by atoms with Gasteiger partial charge in [0.25, 0.3) is 0 Å². The SMILES string of the molecule is CCCO[Si](CCC)(NC(C)CC)OCCC. The van der Waals surface area contributed by atoms with E-state index >= 15 is 0 Å². The minimum atomic E-state index is -2.17. The van der Waals surface area contributed by atoms with Gasteiger partial charge in [-0.1, -0.05) is 41.0 Å². The lowest BCUT2D eigenvalue weighted by Crippen LogP contribution is -2.59. The van der Waals surface area contributed by atoms with Crippen molar-refractivity contribution >= 4 is 8.72 Å². The van der Waals surface area contributed by atoms with Crippen molar-refractivity contribution < 1.29 is 8.85 Å². The van der Waals surface area contributed by atoms with Crippen LogP contribution >= 0.6 is 0 Å². The lowest BCUT2D eigenvalue weighted by molar-refractivity contribution is 0.152. The second kappa shape index (κ2) is 10.1. The third-order valence-electron chi connectivity index (χ3n) is 2.74. The summed E-state index contributed by atoms with van der Waals surface area (Å²) in [6, 6.07) is 1.51. The quantitative estimate of drug-likeness (QED) is 0.577. The largest absolute Gasteiger partial charge is 0.425 e. The number of nitrogens with one attached hydrogen (secondary N) is 1. The summed E-state index contributed by atoms with van der Waals surface area (Å²) in [4.78, 5) is 3.65. The summed E-state index contributed by atoms with van der Waals surface area (Å²) in [6.07, 6.45) is 4.33. The maximum absolute atomic E-state index is 6.10. The first-order valence-corrected chi connectivity index (χ1v) is 9.22. The highest BCUT2D eigenvalue weighted by molar-refractivity contribution is 6.64. The lowest BCUT2D eigenvalue weighted by Gasteiger charge is -2.33. The van der Waals surface area contributed by atoms with Crippen molar-refractivity contribution in [2.24, 2.45) is 0 Å². The van der Waals surface area contributed by atoms with Crippen LogP contribution in [0.4, 0.5) is 0 Å². The minimum absolute atomic E-state index is 0.474. The maximum atomic E-state index is 6.10. The van der Waals surface area contributed by atoms with Crippen LogP contribution in [0.5, 0.6) is 0 Å². The Labute approximate surface area is 109 Å². The van der Waals surface area contributed by atoms with Gasteiger partial charge in [0.15, 0.2) is 0 Å². The summed E-state index contributed by atoms with van der Waals surface area (Å²) in [6.45, 7) is 12.5. The first-order chi connectivity index (χ1) is 8.14. The van der Waals surface area contributed by atoms with Gasteiger partial charge < -0.3 is 8.85 Å². The summed E-state index contributed by atoms with van der Waals surface area (Å²) < 4.78 is 12.2. The molecule has 0 aromatic carbocycles. The number of hydrogen-bond acceptors (Lipinski definition) is 3. The van der Waals surface area contributed by atoms with Gasteiger partial charge >= 0.3 is 8.72 Å². The van der Waals surface area contributed by atoms with Crippen LogP contribution < -0.4 is 4.98 Å². The van der Waals surface area contributed by atoms with E-state index in [2.05, 4.69) is 39.6 Å². The van der Waals surface area contributed by atoms with Gasteiger partial charge in [0, 0.05) is 25.3 Å². The van der Waals surface area contributed by atoms with E-state index in [-0.39, 0.29) is 0 Å². The van der Waals surface area contributed by atoms with Crippen molar-refractivity contribution in [3.05, 3.63) is 0 Å². The fourth-order valence-electron chi connectivity index (χ4n) is 1.68. The fourth-order valence-corrected chi connectivity index (χ4v) is 5.05. The van der Waals surface area contributed by atoms with Crippen molar-refractivity contribution in [1.82, 2.24) is 4.98 Å². The van der Waals surface area contributed by atoms with Crippen LogP contribution in [0.3, 0.4) is 0 Å². The molecule has 0 heterocycles. The zero-order chi connectivity index (χ0) is 13.1. The highest BCUT2D eigenvalue weighted by Crippen LogP contribution is 2.15. The average molecular weight is 261 g/mol. The predicted molar refractivity (Wildman–Crippen MR) is 76.2 cm³/mol. The molecule has 0 radical (unpaired) electrons. The molecule has 0 saturated carbocycles. The Bertz CT molecular complexity index is 171. The maximum Gasteiger partial charge on any atom is 0.425 e. The molecular weight excluding hydrogens is 230 g/mol. The second-order valence-electron chi connectivity index (χ2n) is 4.65. The molecule has 0 bridgehead atoms. The topological polar surface area (TPSA) is 30.5 Å². The van der Waals surface area contributed by atoms with E-state index in [1.165, 1.54) is 0 Å². The van der Waals surface area contributed by atoms with Gasteiger partial charge in [-0.15, -0.1) is 0 Å². The number of hydrogen-bond donors (Lipinski definition) is 1. The molecule has 4 heteroatoms. The molecule has 3 nitrogen and oxygen atoms in total. The van der Waals surface area contributed by atoms with E-state index in [1.807, 2.05) is 0 Å². The van der Waals surface area contributed by atoms with Crippen LogP contribution in [-0.4, -0.2) is 28.0 Å². The smallest absolute Gasteiger partial charge is 0.383 e. The molecule has 0 fully saturated rings. The van der Waals surface area contributed by atoms with E-state index < -0.39 is 8.72 Å². The normalized spacial score (nSPS) is 13.9. The first-order valence-electron chi connectivity index (χ1n) is 7.19. The molecule has 0 aromatic heterocycles. The Morgan fingerprint density at radius 2 is 1.47 bits per heavy atom. The Kier molecular flexibility index (Phi) is 10.1. The molecule has 0 saturated heterocycles.